The SMILES string of the molecule is C=C1C(=O)O[C@@H]2/C=C(\C)[C@@H](O)[C@@H](O)C[C@@H](C)[C@@H](OC(=O)/C(C)=C\C)C[C@@H]12. The Morgan fingerprint density at radius 3 is 2.65 bits per heavy atom. The maximum absolute atomic E-state index is 12.2. The third-order valence-corrected chi connectivity index (χ3v) is 5.36. The number of carbonyl (C=O) groups excluding carboxylic acids is 2. The first kappa shape index (κ1) is 20.4. The highest BCUT2D eigenvalue weighted by molar-refractivity contribution is 5.91. The van der Waals surface area contributed by atoms with Crippen LogP contribution >= 0.6 is 0 Å². The van der Waals surface area contributed by atoms with Crippen LogP contribution in [-0.4, -0.2) is 46.6 Å². The van der Waals surface area contributed by atoms with E-state index in [0.717, 1.165) is 0 Å². The van der Waals surface area contributed by atoms with Crippen molar-refractivity contribution < 1.29 is 29.3 Å². The molecule has 0 unspecified atom stereocenters. The van der Waals surface area contributed by atoms with Crippen LogP contribution in [0.25, 0.3) is 0 Å². The number of aliphatic hydroxyl groups excluding tert-OH is 2. The summed E-state index contributed by atoms with van der Waals surface area (Å²) in [6, 6.07) is 0. The van der Waals surface area contributed by atoms with E-state index in [9.17, 15) is 19.8 Å². The van der Waals surface area contributed by atoms with E-state index in [-0.39, 0.29) is 18.3 Å². The van der Waals surface area contributed by atoms with Crippen LogP contribution in [0.3, 0.4) is 0 Å². The molecule has 2 N–H and O–H groups in total. The van der Waals surface area contributed by atoms with Gasteiger partial charge >= 0.3 is 11.9 Å². The fraction of sp³-hybridized carbons (Fsp3) is 0.600. The van der Waals surface area contributed by atoms with E-state index in [1.807, 2.05) is 6.92 Å². The number of esters is 2. The molecular formula is C20H28O6. The highest BCUT2D eigenvalue weighted by Gasteiger charge is 2.42. The Bertz CT molecular complexity index is 647. The van der Waals surface area contributed by atoms with Gasteiger partial charge in [-0.2, -0.15) is 0 Å². The topological polar surface area (TPSA) is 93.1 Å². The van der Waals surface area contributed by atoms with Gasteiger partial charge in [-0.1, -0.05) is 19.6 Å². The zero-order valence-electron chi connectivity index (χ0n) is 15.8. The molecule has 6 heteroatoms. The predicted octanol–water partition coefficient (Wildman–Crippen LogP) is 2.06. The minimum atomic E-state index is -1.07. The van der Waals surface area contributed by atoms with Crippen LogP contribution in [-0.2, 0) is 19.1 Å². The van der Waals surface area contributed by atoms with E-state index in [1.165, 1.54) is 0 Å². The smallest absolute Gasteiger partial charge is 0.334 e. The van der Waals surface area contributed by atoms with E-state index < -0.39 is 36.4 Å². The third-order valence-electron chi connectivity index (χ3n) is 5.36. The fourth-order valence-corrected chi connectivity index (χ4v) is 3.38. The number of ether oxygens (including phenoxy) is 2. The molecule has 0 saturated carbocycles. The third kappa shape index (κ3) is 4.24. The number of hydrogen-bond acceptors (Lipinski definition) is 6. The first-order valence-corrected chi connectivity index (χ1v) is 8.93. The number of allylic oxidation sites excluding steroid dienone is 1. The summed E-state index contributed by atoms with van der Waals surface area (Å²) >= 11 is 0. The average molecular weight is 364 g/mol. The standard InChI is InChI=1S/C20H28O6/c1-6-10(2)19(23)25-16-9-14-13(5)20(24)26-17(14)8-12(4)18(22)15(21)7-11(16)3/h6,8,11,14-18,21-22H,5,7,9H2,1-4H3/b10-6-,12-8+/t11-,14+,15+,16+,17-,18-/m1/s1. The normalized spacial score (nSPS) is 38.1. The van der Waals surface area contributed by atoms with Crippen molar-refractivity contribution in [2.24, 2.45) is 11.8 Å². The molecule has 1 aliphatic heterocycles. The molecule has 1 saturated heterocycles. The molecule has 0 spiro atoms. The molecule has 0 amide bonds. The molecule has 26 heavy (non-hydrogen) atoms. The number of carbonyl (C=O) groups is 2. The van der Waals surface area contributed by atoms with Gasteiger partial charge in [-0.15, -0.1) is 0 Å². The van der Waals surface area contributed by atoms with Gasteiger partial charge in [0.15, 0.2) is 0 Å². The van der Waals surface area contributed by atoms with Gasteiger partial charge in [-0.3, -0.25) is 0 Å². The number of rotatable bonds is 2. The van der Waals surface area contributed by atoms with Crippen LogP contribution in [0.4, 0.5) is 0 Å². The molecule has 1 aliphatic carbocycles. The molecule has 0 radical (unpaired) electrons. The zero-order valence-corrected chi connectivity index (χ0v) is 15.8. The van der Waals surface area contributed by atoms with Gasteiger partial charge in [0.2, 0.25) is 0 Å². The summed E-state index contributed by atoms with van der Waals surface area (Å²) in [6.07, 6.45) is 0.752. The minimum Gasteiger partial charge on any atom is -0.459 e. The molecule has 2 rings (SSSR count). The maximum Gasteiger partial charge on any atom is 0.334 e. The van der Waals surface area contributed by atoms with E-state index in [0.29, 0.717) is 23.1 Å². The Balaban J connectivity index is 2.36. The first-order valence-electron chi connectivity index (χ1n) is 8.93. The average Bonchev–Trinajstić information content (AvgIpc) is 2.85. The molecule has 0 bridgehead atoms. The Morgan fingerprint density at radius 1 is 1.38 bits per heavy atom. The second-order valence-corrected chi connectivity index (χ2v) is 7.29. The van der Waals surface area contributed by atoms with Crippen molar-refractivity contribution in [1.29, 1.82) is 0 Å². The van der Waals surface area contributed by atoms with Gasteiger partial charge in [-0.25, -0.2) is 9.59 Å². The Hall–Kier alpha value is -1.92. The van der Waals surface area contributed by atoms with E-state index in [4.69, 9.17) is 9.47 Å². The maximum atomic E-state index is 12.2. The number of fused-ring (bicyclic) bond motifs is 1. The minimum absolute atomic E-state index is 0.219. The number of hydrogen-bond donors (Lipinski definition) is 2. The lowest BCUT2D eigenvalue weighted by Crippen LogP contribution is -2.37. The van der Waals surface area contributed by atoms with Crippen LogP contribution in [0.2, 0.25) is 0 Å². The van der Waals surface area contributed by atoms with Gasteiger partial charge < -0.3 is 19.7 Å². The van der Waals surface area contributed by atoms with Crippen molar-refractivity contribution in [3.8, 4) is 0 Å². The molecule has 6 atom stereocenters. The van der Waals surface area contributed by atoms with Crippen LogP contribution in [0.15, 0.2) is 35.5 Å². The monoisotopic (exact) mass is 364 g/mol. The van der Waals surface area contributed by atoms with Crippen molar-refractivity contribution in [2.75, 3.05) is 0 Å². The van der Waals surface area contributed by atoms with E-state index in [1.54, 1.807) is 32.9 Å². The molecule has 1 heterocycles. The summed E-state index contributed by atoms with van der Waals surface area (Å²) in [6.45, 7) is 10.8. The number of aliphatic hydroxyl groups is 2. The summed E-state index contributed by atoms with van der Waals surface area (Å²) in [5.41, 5.74) is 1.37. The van der Waals surface area contributed by atoms with Crippen molar-refractivity contribution in [3.63, 3.8) is 0 Å². The highest BCUT2D eigenvalue weighted by atomic mass is 16.6. The molecule has 144 valence electrons. The van der Waals surface area contributed by atoms with Gasteiger partial charge in [0, 0.05) is 17.1 Å². The van der Waals surface area contributed by atoms with Gasteiger partial charge in [0.1, 0.15) is 18.3 Å². The van der Waals surface area contributed by atoms with Crippen LogP contribution in [0.5, 0.6) is 0 Å². The summed E-state index contributed by atoms with van der Waals surface area (Å²) in [5, 5.41) is 20.7. The molecule has 1 fully saturated rings. The molecule has 6 nitrogen and oxygen atoms in total. The molecular weight excluding hydrogens is 336 g/mol. The molecule has 0 aromatic carbocycles. The van der Waals surface area contributed by atoms with Crippen molar-refractivity contribution in [1.82, 2.24) is 0 Å². The van der Waals surface area contributed by atoms with E-state index in [2.05, 4.69) is 6.58 Å². The molecule has 0 aromatic rings. The van der Waals surface area contributed by atoms with Crippen LogP contribution < -0.4 is 0 Å². The summed E-state index contributed by atoms with van der Waals surface area (Å²) < 4.78 is 11.0. The predicted molar refractivity (Wildman–Crippen MR) is 96.0 cm³/mol. The van der Waals surface area contributed by atoms with Crippen LogP contribution in [0.1, 0.15) is 40.5 Å². The summed E-state index contributed by atoms with van der Waals surface area (Å²) in [4.78, 5) is 24.2. The van der Waals surface area contributed by atoms with Crippen LogP contribution in [0, 0.1) is 11.8 Å². The quantitative estimate of drug-likeness (QED) is 0.443. The lowest BCUT2D eigenvalue weighted by atomic mass is 9.82. The summed E-state index contributed by atoms with van der Waals surface area (Å²) in [5.74, 6) is -1.48. The lowest BCUT2D eigenvalue weighted by molar-refractivity contribution is -0.149. The van der Waals surface area contributed by atoms with Gasteiger partial charge in [0.25, 0.3) is 0 Å². The van der Waals surface area contributed by atoms with Crippen molar-refractivity contribution >= 4 is 11.9 Å². The summed E-state index contributed by atoms with van der Waals surface area (Å²) in [7, 11) is 0. The second-order valence-electron chi connectivity index (χ2n) is 7.29. The zero-order chi connectivity index (χ0) is 19.6. The Labute approximate surface area is 154 Å². The highest BCUT2D eigenvalue weighted by Crippen LogP contribution is 2.36. The van der Waals surface area contributed by atoms with Gasteiger partial charge in [-0.05, 0) is 51.2 Å². The second kappa shape index (κ2) is 8.18. The van der Waals surface area contributed by atoms with E-state index >= 15 is 0 Å². The van der Waals surface area contributed by atoms with Crippen molar-refractivity contribution in [2.45, 2.75) is 65.0 Å². The largest absolute Gasteiger partial charge is 0.459 e. The molecule has 2 aliphatic rings. The first-order chi connectivity index (χ1) is 12.1. The lowest BCUT2D eigenvalue weighted by Gasteiger charge is -2.32. The fourth-order valence-electron chi connectivity index (χ4n) is 3.38. The Kier molecular flexibility index (Phi) is 6.42. The van der Waals surface area contributed by atoms with Gasteiger partial charge in [0.05, 0.1) is 6.10 Å². The van der Waals surface area contributed by atoms with Crippen molar-refractivity contribution in [3.05, 3.63) is 35.5 Å². The molecule has 0 aromatic heterocycles. The Morgan fingerprint density at radius 2 is 2.04 bits per heavy atom.